The van der Waals surface area contributed by atoms with Crippen LogP contribution in [0.4, 0.5) is 4.79 Å². The fourth-order valence-electron chi connectivity index (χ4n) is 3.47. The molecule has 7 heteroatoms. The summed E-state index contributed by atoms with van der Waals surface area (Å²) in [5.74, 6) is 0.683. The van der Waals surface area contributed by atoms with Crippen LogP contribution < -0.4 is 11.0 Å². The molecule has 25 heavy (non-hydrogen) atoms. The zero-order valence-corrected chi connectivity index (χ0v) is 14.6. The standard InChI is InChI=1S/C18H25N5O2/c1-13(14-6-7-14)23(15-8-9-15)17(24)19-10-4-12-22-18(25)21-11-3-2-5-16(21)20-22/h2-3,5,11,13-15H,4,6-10,12H2,1H3,(H,19,24)/t13-/m1/s1. The third kappa shape index (κ3) is 3.41. The maximum Gasteiger partial charge on any atom is 0.350 e. The van der Waals surface area contributed by atoms with Crippen molar-refractivity contribution in [2.75, 3.05) is 6.54 Å². The average Bonchev–Trinajstić information content (AvgIpc) is 3.51. The quantitative estimate of drug-likeness (QED) is 0.780. The number of rotatable bonds is 7. The van der Waals surface area contributed by atoms with Crippen molar-refractivity contribution in [2.45, 2.75) is 57.7 Å². The van der Waals surface area contributed by atoms with Gasteiger partial charge in [-0.15, -0.1) is 5.10 Å². The van der Waals surface area contributed by atoms with E-state index in [1.165, 1.54) is 21.9 Å². The second kappa shape index (κ2) is 6.54. The first-order valence-corrected chi connectivity index (χ1v) is 9.25. The second-order valence-electron chi connectivity index (χ2n) is 7.24. The minimum Gasteiger partial charge on any atom is -0.338 e. The second-order valence-corrected chi connectivity index (χ2v) is 7.24. The lowest BCUT2D eigenvalue weighted by atomic mass is 10.2. The minimum atomic E-state index is -0.135. The van der Waals surface area contributed by atoms with Gasteiger partial charge in [0, 0.05) is 31.4 Å². The normalized spacial score (nSPS) is 18.3. The van der Waals surface area contributed by atoms with Crippen LogP contribution in [0.2, 0.25) is 0 Å². The molecule has 2 aliphatic carbocycles. The fourth-order valence-corrected chi connectivity index (χ4v) is 3.47. The van der Waals surface area contributed by atoms with Gasteiger partial charge in [-0.05, 0) is 57.1 Å². The molecule has 2 heterocycles. The van der Waals surface area contributed by atoms with E-state index in [2.05, 4.69) is 22.2 Å². The Morgan fingerprint density at radius 3 is 2.84 bits per heavy atom. The Kier molecular flexibility index (Phi) is 4.23. The number of nitrogens with one attached hydrogen (secondary N) is 1. The van der Waals surface area contributed by atoms with Crippen LogP contribution in [0.15, 0.2) is 29.2 Å². The van der Waals surface area contributed by atoms with Crippen LogP contribution in [0.1, 0.15) is 39.0 Å². The number of hydrogen-bond donors (Lipinski definition) is 1. The topological polar surface area (TPSA) is 71.6 Å². The van der Waals surface area contributed by atoms with Crippen molar-refractivity contribution in [2.24, 2.45) is 5.92 Å². The molecule has 7 nitrogen and oxygen atoms in total. The summed E-state index contributed by atoms with van der Waals surface area (Å²) in [5.41, 5.74) is 0.513. The largest absolute Gasteiger partial charge is 0.350 e. The van der Waals surface area contributed by atoms with Crippen LogP contribution in [-0.2, 0) is 6.54 Å². The lowest BCUT2D eigenvalue weighted by Crippen LogP contribution is -2.47. The summed E-state index contributed by atoms with van der Waals surface area (Å²) in [6.07, 6.45) is 7.15. The van der Waals surface area contributed by atoms with Gasteiger partial charge in [-0.1, -0.05) is 6.07 Å². The van der Waals surface area contributed by atoms with Crippen molar-refractivity contribution in [3.8, 4) is 0 Å². The Hall–Kier alpha value is -2.31. The van der Waals surface area contributed by atoms with Crippen molar-refractivity contribution in [3.63, 3.8) is 0 Å². The first-order chi connectivity index (χ1) is 12.1. The summed E-state index contributed by atoms with van der Waals surface area (Å²) in [5, 5.41) is 7.33. The summed E-state index contributed by atoms with van der Waals surface area (Å²) >= 11 is 0. The maximum absolute atomic E-state index is 12.5. The van der Waals surface area contributed by atoms with Gasteiger partial charge < -0.3 is 10.2 Å². The molecule has 0 aromatic carbocycles. The molecular weight excluding hydrogens is 318 g/mol. The SMILES string of the molecule is C[C@H](C1CC1)N(C(=O)NCCCn1nc2ccccn2c1=O)C1CC1. The summed E-state index contributed by atoms with van der Waals surface area (Å²) in [6, 6.07) is 6.30. The maximum atomic E-state index is 12.5. The Morgan fingerprint density at radius 2 is 2.16 bits per heavy atom. The molecule has 2 aliphatic rings. The fraction of sp³-hybridized carbons (Fsp3) is 0.611. The zero-order chi connectivity index (χ0) is 17.4. The lowest BCUT2D eigenvalue weighted by molar-refractivity contribution is 0.167. The number of nitrogens with zero attached hydrogens (tertiary/aromatic N) is 4. The van der Waals surface area contributed by atoms with Gasteiger partial charge in [-0.2, -0.15) is 0 Å². The number of carbonyl (C=O) groups is 1. The third-order valence-electron chi connectivity index (χ3n) is 5.23. The molecule has 0 bridgehead atoms. The van der Waals surface area contributed by atoms with Crippen molar-refractivity contribution >= 4 is 11.7 Å². The monoisotopic (exact) mass is 343 g/mol. The number of fused-ring (bicyclic) bond motifs is 1. The lowest BCUT2D eigenvalue weighted by Gasteiger charge is -2.29. The highest BCUT2D eigenvalue weighted by Gasteiger charge is 2.41. The van der Waals surface area contributed by atoms with Gasteiger partial charge in [-0.3, -0.25) is 4.40 Å². The molecule has 0 aliphatic heterocycles. The van der Waals surface area contributed by atoms with Crippen LogP contribution >= 0.6 is 0 Å². The predicted octanol–water partition coefficient (Wildman–Crippen LogP) is 1.86. The smallest absolute Gasteiger partial charge is 0.338 e. The van der Waals surface area contributed by atoms with Gasteiger partial charge >= 0.3 is 11.7 Å². The van der Waals surface area contributed by atoms with E-state index in [0.717, 1.165) is 12.8 Å². The number of hydrogen-bond acceptors (Lipinski definition) is 3. The Bertz CT molecular complexity index is 818. The number of aromatic nitrogens is 3. The first-order valence-electron chi connectivity index (χ1n) is 9.25. The molecule has 0 unspecified atom stereocenters. The molecular formula is C18H25N5O2. The van der Waals surface area contributed by atoms with Gasteiger partial charge in [0.2, 0.25) is 0 Å². The number of carbonyl (C=O) groups excluding carboxylic acids is 1. The van der Waals surface area contributed by atoms with Crippen LogP contribution in [0.3, 0.4) is 0 Å². The van der Waals surface area contributed by atoms with Crippen molar-refractivity contribution in [1.29, 1.82) is 0 Å². The molecule has 2 saturated carbocycles. The number of aryl methyl sites for hydroxylation is 1. The van der Waals surface area contributed by atoms with Gasteiger partial charge in [0.1, 0.15) is 0 Å². The van der Waals surface area contributed by atoms with E-state index in [1.54, 1.807) is 6.20 Å². The Morgan fingerprint density at radius 1 is 1.36 bits per heavy atom. The van der Waals surface area contributed by atoms with E-state index in [0.29, 0.717) is 43.2 Å². The molecule has 4 rings (SSSR count). The van der Waals surface area contributed by atoms with E-state index < -0.39 is 0 Å². The number of urea groups is 1. The molecule has 1 N–H and O–H groups in total. The molecule has 2 aromatic rings. The van der Waals surface area contributed by atoms with E-state index >= 15 is 0 Å². The molecule has 0 spiro atoms. The Balaban J connectivity index is 1.30. The van der Waals surface area contributed by atoms with Gasteiger partial charge in [0.15, 0.2) is 5.65 Å². The molecule has 0 saturated heterocycles. The van der Waals surface area contributed by atoms with Crippen LogP contribution in [-0.4, -0.2) is 43.7 Å². The van der Waals surface area contributed by atoms with Crippen LogP contribution in [0.25, 0.3) is 5.65 Å². The molecule has 134 valence electrons. The molecule has 1 atom stereocenters. The summed E-state index contributed by atoms with van der Waals surface area (Å²) in [4.78, 5) is 26.8. The molecule has 2 amide bonds. The highest BCUT2D eigenvalue weighted by Crippen LogP contribution is 2.39. The van der Waals surface area contributed by atoms with Crippen molar-refractivity contribution in [3.05, 3.63) is 34.9 Å². The van der Waals surface area contributed by atoms with E-state index in [9.17, 15) is 9.59 Å². The predicted molar refractivity (Wildman–Crippen MR) is 94.5 cm³/mol. The number of amides is 2. The highest BCUT2D eigenvalue weighted by molar-refractivity contribution is 5.75. The van der Waals surface area contributed by atoms with E-state index in [-0.39, 0.29) is 11.7 Å². The summed E-state index contributed by atoms with van der Waals surface area (Å²) in [7, 11) is 0. The molecule has 0 radical (unpaired) electrons. The first kappa shape index (κ1) is 16.2. The van der Waals surface area contributed by atoms with Gasteiger partial charge in [0.25, 0.3) is 0 Å². The average molecular weight is 343 g/mol. The summed E-state index contributed by atoms with van der Waals surface area (Å²) < 4.78 is 3.00. The van der Waals surface area contributed by atoms with Crippen LogP contribution in [0.5, 0.6) is 0 Å². The highest BCUT2D eigenvalue weighted by atomic mass is 16.2. The van der Waals surface area contributed by atoms with Crippen molar-refractivity contribution < 1.29 is 4.79 Å². The van der Waals surface area contributed by atoms with E-state index in [1.807, 2.05) is 18.2 Å². The van der Waals surface area contributed by atoms with Gasteiger partial charge in [-0.25, -0.2) is 14.3 Å². The van der Waals surface area contributed by atoms with Gasteiger partial charge in [0.05, 0.1) is 0 Å². The summed E-state index contributed by atoms with van der Waals surface area (Å²) in [6.45, 7) is 3.23. The zero-order valence-electron chi connectivity index (χ0n) is 14.6. The number of pyridine rings is 1. The van der Waals surface area contributed by atoms with E-state index in [4.69, 9.17) is 0 Å². The third-order valence-corrected chi connectivity index (χ3v) is 5.23. The molecule has 2 fully saturated rings. The minimum absolute atomic E-state index is 0.0456. The molecule has 2 aromatic heterocycles. The van der Waals surface area contributed by atoms with Crippen LogP contribution in [0, 0.1) is 5.92 Å². The van der Waals surface area contributed by atoms with Crippen molar-refractivity contribution in [1.82, 2.24) is 24.4 Å². The Labute approximate surface area is 146 Å².